The first-order valence-electron chi connectivity index (χ1n) is 7.50. The molecule has 2 saturated heterocycles. The van der Waals surface area contributed by atoms with Crippen LogP contribution in [0, 0.1) is 0 Å². The Hall–Kier alpha value is -0.650. The molecule has 1 N–H and O–H groups in total. The summed E-state index contributed by atoms with van der Waals surface area (Å²) in [5, 5.41) is 3.52. The van der Waals surface area contributed by atoms with Gasteiger partial charge in [-0.05, 0) is 26.8 Å². The van der Waals surface area contributed by atoms with Gasteiger partial charge in [-0.25, -0.2) is 0 Å². The fourth-order valence-electron chi connectivity index (χ4n) is 2.78. The lowest BCUT2D eigenvalue weighted by molar-refractivity contribution is -0.135. The molecule has 0 aromatic heterocycles. The minimum Gasteiger partial charge on any atom is -0.378 e. The number of amides is 1. The highest BCUT2D eigenvalue weighted by molar-refractivity contribution is 5.76. The van der Waals surface area contributed by atoms with Crippen molar-refractivity contribution < 1.29 is 9.53 Å². The van der Waals surface area contributed by atoms with E-state index >= 15 is 0 Å². The minimum absolute atomic E-state index is 0.259. The molecule has 110 valence electrons. The first kappa shape index (κ1) is 14.8. The summed E-state index contributed by atoms with van der Waals surface area (Å²) >= 11 is 0. The Kier molecular flexibility index (Phi) is 5.60. The predicted molar refractivity (Wildman–Crippen MR) is 75.1 cm³/mol. The van der Waals surface area contributed by atoms with E-state index in [0.29, 0.717) is 31.7 Å². The fourth-order valence-corrected chi connectivity index (χ4v) is 2.78. The molecule has 2 fully saturated rings. The number of carbonyl (C=O) groups is 1. The smallest absolute Gasteiger partial charge is 0.224 e. The van der Waals surface area contributed by atoms with Gasteiger partial charge >= 0.3 is 0 Å². The second-order valence-electron chi connectivity index (χ2n) is 5.77. The van der Waals surface area contributed by atoms with Gasteiger partial charge in [0.2, 0.25) is 5.91 Å². The van der Waals surface area contributed by atoms with Crippen LogP contribution < -0.4 is 5.32 Å². The van der Waals surface area contributed by atoms with Crippen LogP contribution in [0.4, 0.5) is 0 Å². The van der Waals surface area contributed by atoms with Gasteiger partial charge in [0.15, 0.2) is 0 Å². The normalized spacial score (nSPS) is 25.2. The summed E-state index contributed by atoms with van der Waals surface area (Å²) in [6, 6.07) is 1.18. The Morgan fingerprint density at radius 3 is 2.68 bits per heavy atom. The number of hydrogen-bond acceptors (Lipinski definition) is 4. The fraction of sp³-hybridized carbons (Fsp3) is 0.929. The van der Waals surface area contributed by atoms with E-state index in [-0.39, 0.29) is 5.91 Å². The predicted octanol–water partition coefficient (Wildman–Crippen LogP) is 0.308. The molecule has 19 heavy (non-hydrogen) atoms. The lowest BCUT2D eigenvalue weighted by Crippen LogP contribution is -2.42. The molecule has 0 bridgehead atoms. The standard InChI is InChI=1S/C14H27N3O2/c1-12(2)17-6-4-13(11-17)15-5-3-14(18)16-7-9-19-10-8-16/h12-13,15H,3-11H2,1-2H3. The lowest BCUT2D eigenvalue weighted by Gasteiger charge is -2.27. The lowest BCUT2D eigenvalue weighted by atomic mass is 10.2. The van der Waals surface area contributed by atoms with E-state index in [1.165, 1.54) is 13.0 Å². The number of likely N-dealkylation sites (tertiary alicyclic amines) is 1. The van der Waals surface area contributed by atoms with Gasteiger partial charge in [-0.2, -0.15) is 0 Å². The van der Waals surface area contributed by atoms with Crippen LogP contribution in [0.5, 0.6) is 0 Å². The van der Waals surface area contributed by atoms with Gasteiger partial charge in [0.1, 0.15) is 0 Å². The molecule has 2 heterocycles. The summed E-state index contributed by atoms with van der Waals surface area (Å²) in [7, 11) is 0. The van der Waals surface area contributed by atoms with Crippen molar-refractivity contribution in [1.29, 1.82) is 0 Å². The third-order valence-electron chi connectivity index (χ3n) is 4.09. The number of nitrogens with zero attached hydrogens (tertiary/aromatic N) is 2. The van der Waals surface area contributed by atoms with E-state index in [2.05, 4.69) is 24.1 Å². The van der Waals surface area contributed by atoms with Crippen LogP contribution in [0.2, 0.25) is 0 Å². The Morgan fingerprint density at radius 2 is 2.05 bits per heavy atom. The van der Waals surface area contributed by atoms with Crippen molar-refractivity contribution in [3.8, 4) is 0 Å². The average molecular weight is 269 g/mol. The molecule has 2 aliphatic rings. The van der Waals surface area contributed by atoms with Crippen molar-refractivity contribution >= 4 is 5.91 Å². The van der Waals surface area contributed by atoms with Gasteiger partial charge in [-0.3, -0.25) is 9.69 Å². The number of morpholine rings is 1. The van der Waals surface area contributed by atoms with Crippen molar-refractivity contribution in [2.24, 2.45) is 0 Å². The number of carbonyl (C=O) groups excluding carboxylic acids is 1. The monoisotopic (exact) mass is 269 g/mol. The summed E-state index contributed by atoms with van der Waals surface area (Å²) in [6.07, 6.45) is 1.81. The molecule has 0 radical (unpaired) electrons. The third-order valence-corrected chi connectivity index (χ3v) is 4.09. The Labute approximate surface area is 116 Å². The average Bonchev–Trinajstić information content (AvgIpc) is 2.89. The van der Waals surface area contributed by atoms with Crippen LogP contribution >= 0.6 is 0 Å². The molecule has 1 amide bonds. The molecule has 2 aliphatic heterocycles. The van der Waals surface area contributed by atoms with Crippen molar-refractivity contribution in [2.45, 2.75) is 38.8 Å². The van der Waals surface area contributed by atoms with Crippen LogP contribution in [-0.4, -0.2) is 73.7 Å². The van der Waals surface area contributed by atoms with Crippen molar-refractivity contribution in [3.63, 3.8) is 0 Å². The first-order chi connectivity index (χ1) is 9.16. The molecule has 2 rings (SSSR count). The Balaban J connectivity index is 1.60. The van der Waals surface area contributed by atoms with Crippen molar-refractivity contribution in [2.75, 3.05) is 45.9 Å². The first-order valence-corrected chi connectivity index (χ1v) is 7.50. The summed E-state index contributed by atoms with van der Waals surface area (Å²) in [5.41, 5.74) is 0. The number of nitrogens with one attached hydrogen (secondary N) is 1. The summed E-state index contributed by atoms with van der Waals surface area (Å²) in [6.45, 7) is 10.4. The topological polar surface area (TPSA) is 44.8 Å². The second-order valence-corrected chi connectivity index (χ2v) is 5.77. The number of hydrogen-bond donors (Lipinski definition) is 1. The molecule has 0 saturated carbocycles. The third kappa shape index (κ3) is 4.44. The highest BCUT2D eigenvalue weighted by Crippen LogP contribution is 2.12. The molecule has 0 aromatic carbocycles. The van der Waals surface area contributed by atoms with Crippen molar-refractivity contribution in [3.05, 3.63) is 0 Å². The zero-order valence-electron chi connectivity index (χ0n) is 12.2. The van der Waals surface area contributed by atoms with E-state index in [4.69, 9.17) is 4.74 Å². The summed E-state index contributed by atoms with van der Waals surface area (Å²) in [4.78, 5) is 16.4. The van der Waals surface area contributed by atoms with E-state index < -0.39 is 0 Å². The van der Waals surface area contributed by atoms with Crippen LogP contribution in [0.25, 0.3) is 0 Å². The van der Waals surface area contributed by atoms with Gasteiger partial charge in [-0.1, -0.05) is 0 Å². The second kappa shape index (κ2) is 7.22. The molecule has 1 atom stereocenters. The Bertz CT molecular complexity index is 290. The minimum atomic E-state index is 0.259. The van der Waals surface area contributed by atoms with E-state index in [0.717, 1.165) is 26.2 Å². The zero-order valence-corrected chi connectivity index (χ0v) is 12.2. The van der Waals surface area contributed by atoms with Gasteiger partial charge in [0, 0.05) is 44.7 Å². The van der Waals surface area contributed by atoms with Crippen LogP contribution in [0.3, 0.4) is 0 Å². The summed E-state index contributed by atoms with van der Waals surface area (Å²) in [5.74, 6) is 0.259. The van der Waals surface area contributed by atoms with Crippen LogP contribution in [0.1, 0.15) is 26.7 Å². The maximum absolute atomic E-state index is 12.0. The van der Waals surface area contributed by atoms with Gasteiger partial charge in [-0.15, -0.1) is 0 Å². The molecule has 5 nitrogen and oxygen atoms in total. The molecular weight excluding hydrogens is 242 g/mol. The van der Waals surface area contributed by atoms with Gasteiger partial charge < -0.3 is 15.0 Å². The molecule has 0 spiro atoms. The number of ether oxygens (including phenoxy) is 1. The van der Waals surface area contributed by atoms with Crippen LogP contribution in [0.15, 0.2) is 0 Å². The molecule has 0 aromatic rings. The van der Waals surface area contributed by atoms with Crippen molar-refractivity contribution in [1.82, 2.24) is 15.1 Å². The molecule has 0 aliphatic carbocycles. The molecular formula is C14H27N3O2. The van der Waals surface area contributed by atoms with E-state index in [1.54, 1.807) is 0 Å². The largest absolute Gasteiger partial charge is 0.378 e. The highest BCUT2D eigenvalue weighted by Gasteiger charge is 2.24. The maximum atomic E-state index is 12.0. The van der Waals surface area contributed by atoms with E-state index in [9.17, 15) is 4.79 Å². The quantitative estimate of drug-likeness (QED) is 0.780. The highest BCUT2D eigenvalue weighted by atomic mass is 16.5. The molecule has 1 unspecified atom stereocenters. The van der Waals surface area contributed by atoms with Gasteiger partial charge in [0.25, 0.3) is 0 Å². The summed E-state index contributed by atoms with van der Waals surface area (Å²) < 4.78 is 5.25. The maximum Gasteiger partial charge on any atom is 0.224 e. The SMILES string of the molecule is CC(C)N1CCC(NCCC(=O)N2CCOCC2)C1. The molecule has 5 heteroatoms. The Morgan fingerprint density at radius 1 is 1.32 bits per heavy atom. The van der Waals surface area contributed by atoms with E-state index in [1.807, 2.05) is 4.90 Å². The zero-order chi connectivity index (χ0) is 13.7. The van der Waals surface area contributed by atoms with Crippen LogP contribution in [-0.2, 0) is 9.53 Å². The number of rotatable bonds is 5. The van der Waals surface area contributed by atoms with Gasteiger partial charge in [0.05, 0.1) is 13.2 Å².